The quantitative estimate of drug-likeness (QED) is 0.941. The molecular weight excluding hydrogens is 292 g/mol. The summed E-state index contributed by atoms with van der Waals surface area (Å²) < 4.78 is 7.18. The number of amides is 1. The van der Waals surface area contributed by atoms with Gasteiger partial charge in [0.25, 0.3) is 5.91 Å². The second kappa shape index (κ2) is 6.83. The van der Waals surface area contributed by atoms with Crippen molar-refractivity contribution in [2.24, 2.45) is 0 Å². The number of nitrogens with one attached hydrogen (secondary N) is 1. The lowest BCUT2D eigenvalue weighted by atomic mass is 10.2. The van der Waals surface area contributed by atoms with Crippen LogP contribution >= 0.6 is 0 Å². The molecule has 1 amide bonds. The first-order valence-electron chi connectivity index (χ1n) is 7.96. The van der Waals surface area contributed by atoms with Crippen LogP contribution in [0.4, 0.5) is 11.4 Å². The highest BCUT2D eigenvalue weighted by Gasteiger charge is 2.13. The van der Waals surface area contributed by atoms with E-state index in [-0.39, 0.29) is 5.91 Å². The Labute approximate surface area is 136 Å². The van der Waals surface area contributed by atoms with Crippen molar-refractivity contribution in [1.82, 2.24) is 9.78 Å². The third-order valence-corrected chi connectivity index (χ3v) is 4.01. The van der Waals surface area contributed by atoms with Gasteiger partial charge >= 0.3 is 0 Å². The van der Waals surface area contributed by atoms with Gasteiger partial charge in [0.2, 0.25) is 0 Å². The summed E-state index contributed by atoms with van der Waals surface area (Å²) in [5.74, 6) is -0.181. The monoisotopic (exact) mass is 314 g/mol. The topological polar surface area (TPSA) is 59.4 Å². The normalized spacial score (nSPS) is 14.8. The summed E-state index contributed by atoms with van der Waals surface area (Å²) in [5.41, 5.74) is 3.36. The number of aryl methyl sites for hydroxylation is 2. The largest absolute Gasteiger partial charge is 0.378 e. The van der Waals surface area contributed by atoms with E-state index in [1.54, 1.807) is 6.07 Å². The van der Waals surface area contributed by atoms with Crippen LogP contribution in [0.1, 0.15) is 23.1 Å². The Morgan fingerprint density at radius 3 is 2.57 bits per heavy atom. The first-order chi connectivity index (χ1) is 11.2. The molecule has 0 atom stereocenters. The Hall–Kier alpha value is -2.34. The number of nitrogens with zero attached hydrogens (tertiary/aromatic N) is 3. The van der Waals surface area contributed by atoms with Crippen molar-refractivity contribution in [3.8, 4) is 0 Å². The van der Waals surface area contributed by atoms with Gasteiger partial charge < -0.3 is 15.0 Å². The van der Waals surface area contributed by atoms with E-state index in [9.17, 15) is 4.79 Å². The minimum Gasteiger partial charge on any atom is -0.378 e. The lowest BCUT2D eigenvalue weighted by molar-refractivity contribution is 0.102. The first kappa shape index (κ1) is 15.6. The summed E-state index contributed by atoms with van der Waals surface area (Å²) >= 11 is 0. The molecule has 1 fully saturated rings. The molecule has 1 aromatic heterocycles. The maximum Gasteiger partial charge on any atom is 0.276 e. The molecule has 1 saturated heterocycles. The fraction of sp³-hybridized carbons (Fsp3) is 0.412. The van der Waals surface area contributed by atoms with Gasteiger partial charge in [-0.05, 0) is 44.2 Å². The third kappa shape index (κ3) is 3.53. The number of hydrogen-bond acceptors (Lipinski definition) is 4. The molecule has 3 rings (SSSR count). The van der Waals surface area contributed by atoms with E-state index in [0.717, 1.165) is 49.9 Å². The van der Waals surface area contributed by atoms with E-state index in [1.807, 2.05) is 42.8 Å². The number of morpholine rings is 1. The Morgan fingerprint density at radius 1 is 1.26 bits per heavy atom. The standard InChI is InChI=1S/C17H22N4O2/c1-3-21-13(2)12-16(19-21)17(22)18-14-4-6-15(7-5-14)20-8-10-23-11-9-20/h4-7,12H,3,8-11H2,1-2H3,(H,18,22). The lowest BCUT2D eigenvalue weighted by Crippen LogP contribution is -2.36. The van der Waals surface area contributed by atoms with Crippen LogP contribution in [0, 0.1) is 6.92 Å². The second-order valence-corrected chi connectivity index (χ2v) is 5.59. The number of benzene rings is 1. The molecule has 6 nitrogen and oxygen atoms in total. The Balaban J connectivity index is 1.66. The number of hydrogen-bond donors (Lipinski definition) is 1. The van der Waals surface area contributed by atoms with Crippen molar-refractivity contribution < 1.29 is 9.53 Å². The van der Waals surface area contributed by atoms with Crippen LogP contribution in [0.15, 0.2) is 30.3 Å². The lowest BCUT2D eigenvalue weighted by Gasteiger charge is -2.28. The fourth-order valence-electron chi connectivity index (χ4n) is 2.71. The number of carbonyl (C=O) groups is 1. The van der Waals surface area contributed by atoms with Crippen molar-refractivity contribution in [3.05, 3.63) is 41.7 Å². The van der Waals surface area contributed by atoms with Gasteiger partial charge in [0.05, 0.1) is 13.2 Å². The van der Waals surface area contributed by atoms with E-state index in [0.29, 0.717) is 5.69 Å². The minimum absolute atomic E-state index is 0.181. The average Bonchev–Trinajstić information content (AvgIpc) is 2.97. The third-order valence-electron chi connectivity index (χ3n) is 4.01. The minimum atomic E-state index is -0.181. The molecule has 1 aromatic carbocycles. The molecule has 1 aliphatic rings. The molecule has 1 N–H and O–H groups in total. The van der Waals surface area contributed by atoms with E-state index >= 15 is 0 Å². The van der Waals surface area contributed by atoms with Crippen molar-refractivity contribution in [3.63, 3.8) is 0 Å². The maximum atomic E-state index is 12.3. The number of carbonyl (C=O) groups excluding carboxylic acids is 1. The number of anilines is 2. The predicted octanol–water partition coefficient (Wildman–Crippen LogP) is 2.30. The van der Waals surface area contributed by atoms with Crippen LogP contribution < -0.4 is 10.2 Å². The Morgan fingerprint density at radius 2 is 1.96 bits per heavy atom. The number of rotatable bonds is 4. The highest BCUT2D eigenvalue weighted by Crippen LogP contribution is 2.19. The van der Waals surface area contributed by atoms with Crippen LogP contribution in [0.2, 0.25) is 0 Å². The zero-order valence-electron chi connectivity index (χ0n) is 13.6. The summed E-state index contributed by atoms with van der Waals surface area (Å²) in [6, 6.07) is 9.70. The summed E-state index contributed by atoms with van der Waals surface area (Å²) in [4.78, 5) is 14.5. The summed E-state index contributed by atoms with van der Waals surface area (Å²) in [6.45, 7) is 8.04. The van der Waals surface area contributed by atoms with Crippen molar-refractivity contribution in [2.45, 2.75) is 20.4 Å². The molecule has 0 saturated carbocycles. The van der Waals surface area contributed by atoms with Crippen LogP contribution in [0.25, 0.3) is 0 Å². The van der Waals surface area contributed by atoms with E-state index in [1.165, 1.54) is 0 Å². The van der Waals surface area contributed by atoms with Gasteiger partial charge in [-0.15, -0.1) is 0 Å². The smallest absolute Gasteiger partial charge is 0.276 e. The van der Waals surface area contributed by atoms with Crippen LogP contribution in [0.5, 0.6) is 0 Å². The van der Waals surface area contributed by atoms with Gasteiger partial charge in [0, 0.05) is 36.7 Å². The zero-order chi connectivity index (χ0) is 16.2. The molecule has 23 heavy (non-hydrogen) atoms. The number of aromatic nitrogens is 2. The molecule has 0 radical (unpaired) electrons. The molecule has 2 heterocycles. The Bertz CT molecular complexity index is 672. The van der Waals surface area contributed by atoms with E-state index in [2.05, 4.69) is 15.3 Å². The summed E-state index contributed by atoms with van der Waals surface area (Å²) in [5, 5.41) is 7.19. The van der Waals surface area contributed by atoms with Crippen LogP contribution in [0.3, 0.4) is 0 Å². The van der Waals surface area contributed by atoms with Gasteiger partial charge in [-0.25, -0.2) is 0 Å². The van der Waals surface area contributed by atoms with Gasteiger partial charge in [-0.1, -0.05) is 0 Å². The molecule has 0 unspecified atom stereocenters. The maximum absolute atomic E-state index is 12.3. The summed E-state index contributed by atoms with van der Waals surface area (Å²) in [6.07, 6.45) is 0. The van der Waals surface area contributed by atoms with Crippen LogP contribution in [-0.4, -0.2) is 42.0 Å². The van der Waals surface area contributed by atoms with Gasteiger partial charge in [-0.3, -0.25) is 9.48 Å². The number of ether oxygens (including phenoxy) is 1. The van der Waals surface area contributed by atoms with Crippen molar-refractivity contribution in [1.29, 1.82) is 0 Å². The highest BCUT2D eigenvalue weighted by molar-refractivity contribution is 6.03. The Kier molecular flexibility index (Phi) is 4.62. The van der Waals surface area contributed by atoms with Gasteiger partial charge in [0.1, 0.15) is 0 Å². The second-order valence-electron chi connectivity index (χ2n) is 5.59. The average molecular weight is 314 g/mol. The molecule has 0 aliphatic carbocycles. The fourth-order valence-corrected chi connectivity index (χ4v) is 2.71. The molecule has 0 spiro atoms. The van der Waals surface area contributed by atoms with Crippen LogP contribution in [-0.2, 0) is 11.3 Å². The van der Waals surface area contributed by atoms with Gasteiger partial charge in [-0.2, -0.15) is 5.10 Å². The van der Waals surface area contributed by atoms with Crippen molar-refractivity contribution >= 4 is 17.3 Å². The van der Waals surface area contributed by atoms with E-state index < -0.39 is 0 Å². The first-order valence-corrected chi connectivity index (χ1v) is 7.96. The molecular formula is C17H22N4O2. The zero-order valence-corrected chi connectivity index (χ0v) is 13.6. The molecule has 6 heteroatoms. The van der Waals surface area contributed by atoms with Crippen molar-refractivity contribution in [2.75, 3.05) is 36.5 Å². The molecule has 0 bridgehead atoms. The highest BCUT2D eigenvalue weighted by atomic mass is 16.5. The molecule has 2 aromatic rings. The summed E-state index contributed by atoms with van der Waals surface area (Å²) in [7, 11) is 0. The molecule has 1 aliphatic heterocycles. The van der Waals surface area contributed by atoms with E-state index in [4.69, 9.17) is 4.74 Å². The predicted molar refractivity (Wildman–Crippen MR) is 90.1 cm³/mol. The SMILES string of the molecule is CCn1nc(C(=O)Nc2ccc(N3CCOCC3)cc2)cc1C. The molecule has 122 valence electrons. The van der Waals surface area contributed by atoms with Gasteiger partial charge in [0.15, 0.2) is 5.69 Å².